The van der Waals surface area contributed by atoms with E-state index < -0.39 is 0 Å². The first-order valence-electron chi connectivity index (χ1n) is 6.19. The highest BCUT2D eigenvalue weighted by molar-refractivity contribution is 5.26. The Morgan fingerprint density at radius 3 is 2.44 bits per heavy atom. The number of aliphatic hydroxyl groups excluding tert-OH is 1. The summed E-state index contributed by atoms with van der Waals surface area (Å²) < 4.78 is 0. The molecule has 0 atom stereocenters. The van der Waals surface area contributed by atoms with Crippen LogP contribution in [0.15, 0.2) is 24.3 Å². The Balaban J connectivity index is 1.98. The molecule has 2 nitrogen and oxygen atoms in total. The SMILES string of the molecule is CC1CCN(Cc2ccccc2CO)CC1. The third kappa shape index (κ3) is 2.83. The Morgan fingerprint density at radius 2 is 1.81 bits per heavy atom. The van der Waals surface area contributed by atoms with Gasteiger partial charge in [0, 0.05) is 6.54 Å². The van der Waals surface area contributed by atoms with Crippen LogP contribution >= 0.6 is 0 Å². The third-order valence-electron chi connectivity index (χ3n) is 3.56. The lowest BCUT2D eigenvalue weighted by Crippen LogP contribution is -2.32. The Kier molecular flexibility index (Phi) is 3.97. The smallest absolute Gasteiger partial charge is 0.0685 e. The summed E-state index contributed by atoms with van der Waals surface area (Å²) in [7, 11) is 0. The quantitative estimate of drug-likeness (QED) is 0.844. The largest absolute Gasteiger partial charge is 0.392 e. The van der Waals surface area contributed by atoms with E-state index in [1.807, 2.05) is 12.1 Å². The highest BCUT2D eigenvalue weighted by atomic mass is 16.3. The van der Waals surface area contributed by atoms with Gasteiger partial charge in [0.05, 0.1) is 6.61 Å². The highest BCUT2D eigenvalue weighted by Gasteiger charge is 2.16. The number of benzene rings is 1. The van der Waals surface area contributed by atoms with Crippen LogP contribution in [0.5, 0.6) is 0 Å². The number of piperidine rings is 1. The number of likely N-dealkylation sites (tertiary alicyclic amines) is 1. The van der Waals surface area contributed by atoms with Gasteiger partial charge < -0.3 is 5.11 Å². The zero-order chi connectivity index (χ0) is 11.4. The summed E-state index contributed by atoms with van der Waals surface area (Å²) in [4.78, 5) is 2.49. The maximum absolute atomic E-state index is 9.27. The molecule has 1 N–H and O–H groups in total. The van der Waals surface area contributed by atoms with Crippen molar-refractivity contribution in [1.82, 2.24) is 4.90 Å². The molecule has 0 aliphatic carbocycles. The minimum Gasteiger partial charge on any atom is -0.392 e. The molecule has 2 heteroatoms. The van der Waals surface area contributed by atoms with E-state index in [1.54, 1.807) is 0 Å². The van der Waals surface area contributed by atoms with E-state index >= 15 is 0 Å². The third-order valence-corrected chi connectivity index (χ3v) is 3.56. The van der Waals surface area contributed by atoms with Gasteiger partial charge in [-0.15, -0.1) is 0 Å². The van der Waals surface area contributed by atoms with E-state index in [2.05, 4.69) is 24.0 Å². The van der Waals surface area contributed by atoms with Crippen LogP contribution in [0.4, 0.5) is 0 Å². The molecule has 1 aliphatic rings. The van der Waals surface area contributed by atoms with Crippen molar-refractivity contribution < 1.29 is 5.11 Å². The topological polar surface area (TPSA) is 23.5 Å². The van der Waals surface area contributed by atoms with E-state index in [9.17, 15) is 5.11 Å². The second-order valence-electron chi connectivity index (χ2n) is 4.89. The first-order chi connectivity index (χ1) is 7.79. The fourth-order valence-electron chi connectivity index (χ4n) is 2.33. The van der Waals surface area contributed by atoms with Gasteiger partial charge in [-0.05, 0) is 43.0 Å². The van der Waals surface area contributed by atoms with E-state index in [-0.39, 0.29) is 6.61 Å². The Hall–Kier alpha value is -0.860. The maximum Gasteiger partial charge on any atom is 0.0685 e. The van der Waals surface area contributed by atoms with Crippen molar-refractivity contribution in [2.24, 2.45) is 5.92 Å². The van der Waals surface area contributed by atoms with E-state index in [1.165, 1.54) is 31.5 Å². The molecule has 88 valence electrons. The predicted octanol–water partition coefficient (Wildman–Crippen LogP) is 2.41. The van der Waals surface area contributed by atoms with Gasteiger partial charge in [0.2, 0.25) is 0 Å². The van der Waals surface area contributed by atoms with Crippen molar-refractivity contribution in [1.29, 1.82) is 0 Å². The van der Waals surface area contributed by atoms with Gasteiger partial charge >= 0.3 is 0 Å². The average molecular weight is 219 g/mol. The molecule has 0 aromatic heterocycles. The van der Waals surface area contributed by atoms with Gasteiger partial charge in [0.1, 0.15) is 0 Å². The monoisotopic (exact) mass is 219 g/mol. The molecule has 1 aliphatic heterocycles. The zero-order valence-corrected chi connectivity index (χ0v) is 10.0. The fourth-order valence-corrected chi connectivity index (χ4v) is 2.33. The summed E-state index contributed by atoms with van der Waals surface area (Å²) in [6.45, 7) is 5.87. The standard InChI is InChI=1S/C14H21NO/c1-12-6-8-15(9-7-12)10-13-4-2-3-5-14(13)11-16/h2-5,12,16H,6-11H2,1H3. The molecule has 1 aromatic carbocycles. The molecule has 1 heterocycles. The van der Waals surface area contributed by atoms with E-state index in [0.29, 0.717) is 0 Å². The lowest BCUT2D eigenvalue weighted by molar-refractivity contribution is 0.183. The molecule has 0 radical (unpaired) electrons. The van der Waals surface area contributed by atoms with Crippen LogP contribution in [0.3, 0.4) is 0 Å². The molecule has 0 amide bonds. The molecule has 1 fully saturated rings. The number of rotatable bonds is 3. The molecular weight excluding hydrogens is 198 g/mol. The molecule has 16 heavy (non-hydrogen) atoms. The average Bonchev–Trinajstić information content (AvgIpc) is 2.33. The Labute approximate surface area is 97.9 Å². The summed E-state index contributed by atoms with van der Waals surface area (Å²) >= 11 is 0. The molecule has 0 saturated carbocycles. The first-order valence-corrected chi connectivity index (χ1v) is 6.19. The minimum atomic E-state index is 0.153. The number of hydrogen-bond acceptors (Lipinski definition) is 2. The molecule has 1 aromatic rings. The lowest BCUT2D eigenvalue weighted by atomic mass is 9.98. The van der Waals surface area contributed by atoms with Crippen LogP contribution in [0.2, 0.25) is 0 Å². The molecule has 0 bridgehead atoms. The number of aliphatic hydroxyl groups is 1. The van der Waals surface area contributed by atoms with Crippen molar-refractivity contribution in [3.8, 4) is 0 Å². The van der Waals surface area contributed by atoms with Crippen LogP contribution in [-0.4, -0.2) is 23.1 Å². The molecular formula is C14H21NO. The van der Waals surface area contributed by atoms with E-state index in [4.69, 9.17) is 0 Å². The van der Waals surface area contributed by atoms with Crippen molar-refractivity contribution in [3.05, 3.63) is 35.4 Å². The Morgan fingerprint density at radius 1 is 1.19 bits per heavy atom. The van der Waals surface area contributed by atoms with Crippen LogP contribution < -0.4 is 0 Å². The van der Waals surface area contributed by atoms with Gasteiger partial charge in [-0.2, -0.15) is 0 Å². The lowest BCUT2D eigenvalue weighted by Gasteiger charge is -2.30. The normalized spacial score (nSPS) is 18.9. The van der Waals surface area contributed by atoms with Gasteiger partial charge in [-0.3, -0.25) is 4.90 Å². The summed E-state index contributed by atoms with van der Waals surface area (Å²) in [5, 5.41) is 9.27. The van der Waals surface area contributed by atoms with Gasteiger partial charge in [-0.25, -0.2) is 0 Å². The second-order valence-corrected chi connectivity index (χ2v) is 4.89. The summed E-state index contributed by atoms with van der Waals surface area (Å²) in [6, 6.07) is 8.19. The summed E-state index contributed by atoms with van der Waals surface area (Å²) in [6.07, 6.45) is 2.61. The second kappa shape index (κ2) is 5.46. The van der Waals surface area contributed by atoms with Crippen molar-refractivity contribution in [2.45, 2.75) is 32.9 Å². The first kappa shape index (κ1) is 11.6. The maximum atomic E-state index is 9.27. The molecule has 0 unspecified atom stereocenters. The van der Waals surface area contributed by atoms with Gasteiger partial charge in [0.15, 0.2) is 0 Å². The van der Waals surface area contributed by atoms with Crippen LogP contribution in [0.25, 0.3) is 0 Å². The fraction of sp³-hybridized carbons (Fsp3) is 0.571. The van der Waals surface area contributed by atoms with E-state index in [0.717, 1.165) is 18.0 Å². The van der Waals surface area contributed by atoms with Crippen molar-refractivity contribution in [2.75, 3.05) is 13.1 Å². The summed E-state index contributed by atoms with van der Waals surface area (Å²) in [5.74, 6) is 0.879. The van der Waals surface area contributed by atoms with Crippen LogP contribution in [-0.2, 0) is 13.2 Å². The predicted molar refractivity (Wildman–Crippen MR) is 66.0 cm³/mol. The van der Waals surface area contributed by atoms with Gasteiger partial charge in [0.25, 0.3) is 0 Å². The van der Waals surface area contributed by atoms with Crippen molar-refractivity contribution >= 4 is 0 Å². The molecule has 2 rings (SSSR count). The zero-order valence-electron chi connectivity index (χ0n) is 10.0. The highest BCUT2D eigenvalue weighted by Crippen LogP contribution is 2.19. The van der Waals surface area contributed by atoms with Crippen LogP contribution in [0, 0.1) is 5.92 Å². The number of nitrogens with zero attached hydrogens (tertiary/aromatic N) is 1. The molecule has 0 spiro atoms. The van der Waals surface area contributed by atoms with Gasteiger partial charge in [-0.1, -0.05) is 31.2 Å². The molecule has 1 saturated heterocycles. The number of hydrogen-bond donors (Lipinski definition) is 1. The minimum absolute atomic E-state index is 0.153. The van der Waals surface area contributed by atoms with Crippen molar-refractivity contribution in [3.63, 3.8) is 0 Å². The van der Waals surface area contributed by atoms with Crippen LogP contribution in [0.1, 0.15) is 30.9 Å². The Bertz CT molecular complexity index is 329. The summed E-state index contributed by atoms with van der Waals surface area (Å²) in [5.41, 5.74) is 2.35.